The number of carbonyl (C=O) groups is 1. The van der Waals surface area contributed by atoms with Crippen LogP contribution in [0.2, 0.25) is 0 Å². The van der Waals surface area contributed by atoms with E-state index in [0.717, 1.165) is 37.8 Å². The number of nitrogens with one attached hydrogen (secondary N) is 1. The Morgan fingerprint density at radius 2 is 1.47 bits per heavy atom. The van der Waals surface area contributed by atoms with E-state index in [1.165, 1.54) is 93.9 Å². The van der Waals surface area contributed by atoms with Crippen LogP contribution in [0.1, 0.15) is 133 Å². The maximum absolute atomic E-state index is 13.3. The Labute approximate surface area is 184 Å². The van der Waals surface area contributed by atoms with E-state index < -0.39 is 0 Å². The lowest BCUT2D eigenvalue weighted by molar-refractivity contribution is -0.120. The quantitative estimate of drug-likeness (QED) is 0.519. The van der Waals surface area contributed by atoms with Gasteiger partial charge in [-0.3, -0.25) is 9.78 Å². The third-order valence-corrected chi connectivity index (χ3v) is 7.40. The van der Waals surface area contributed by atoms with E-state index in [2.05, 4.69) is 19.2 Å². The number of anilines is 1. The summed E-state index contributed by atoms with van der Waals surface area (Å²) in [5.74, 6) is 1.00. The van der Waals surface area contributed by atoms with Crippen molar-refractivity contribution in [2.75, 3.05) is 5.32 Å². The Balaban J connectivity index is 1.89. The zero-order valence-electron chi connectivity index (χ0n) is 19.6. The number of pyridine rings is 1. The van der Waals surface area contributed by atoms with Gasteiger partial charge >= 0.3 is 0 Å². The smallest absolute Gasteiger partial charge is 0.227 e. The van der Waals surface area contributed by atoms with Crippen molar-refractivity contribution in [2.24, 2.45) is 5.92 Å². The lowest BCUT2D eigenvalue weighted by Gasteiger charge is -2.28. The number of hydrogen-bond donors (Lipinski definition) is 1. The molecule has 2 aliphatic rings. The summed E-state index contributed by atoms with van der Waals surface area (Å²) >= 11 is 0. The molecule has 30 heavy (non-hydrogen) atoms. The molecule has 1 heterocycles. The Hall–Kier alpha value is -1.38. The lowest BCUT2D eigenvalue weighted by Crippen LogP contribution is -2.25. The van der Waals surface area contributed by atoms with Gasteiger partial charge in [0.2, 0.25) is 5.91 Å². The first-order valence-electron chi connectivity index (χ1n) is 13.1. The monoisotopic (exact) mass is 412 g/mol. The normalized spacial score (nSPS) is 20.1. The molecule has 0 aliphatic heterocycles. The highest BCUT2D eigenvalue weighted by atomic mass is 16.1. The highest BCUT2D eigenvalue weighted by Crippen LogP contribution is 2.39. The minimum absolute atomic E-state index is 0.177. The molecule has 3 rings (SSSR count). The molecule has 168 valence electrons. The minimum Gasteiger partial charge on any atom is -0.324 e. The molecular weight excluding hydrogens is 368 g/mol. The van der Waals surface area contributed by atoms with E-state index in [0.29, 0.717) is 5.92 Å². The summed E-state index contributed by atoms with van der Waals surface area (Å²) in [6, 6.07) is 0. The van der Waals surface area contributed by atoms with Crippen LogP contribution >= 0.6 is 0 Å². The average Bonchev–Trinajstić information content (AvgIpc) is 2.69. The second-order valence-corrected chi connectivity index (χ2v) is 9.69. The number of aromatic nitrogens is 1. The van der Waals surface area contributed by atoms with Crippen LogP contribution in [0, 0.1) is 5.92 Å². The molecule has 0 radical (unpaired) electrons. The molecule has 0 spiro atoms. The van der Waals surface area contributed by atoms with E-state index in [4.69, 9.17) is 4.98 Å². The number of aryl methyl sites for hydroxylation is 1. The summed E-state index contributed by atoms with van der Waals surface area (Å²) in [4.78, 5) is 18.1. The van der Waals surface area contributed by atoms with Gasteiger partial charge in [-0.05, 0) is 55.6 Å². The highest BCUT2D eigenvalue weighted by Gasteiger charge is 2.26. The fourth-order valence-corrected chi connectivity index (χ4v) is 5.71. The molecule has 1 aromatic heterocycles. The van der Waals surface area contributed by atoms with Gasteiger partial charge in [0.25, 0.3) is 0 Å². The van der Waals surface area contributed by atoms with E-state index in [-0.39, 0.29) is 11.8 Å². The van der Waals surface area contributed by atoms with Gasteiger partial charge in [0.1, 0.15) is 0 Å². The predicted molar refractivity (Wildman–Crippen MR) is 127 cm³/mol. The van der Waals surface area contributed by atoms with Crippen LogP contribution in [0.3, 0.4) is 0 Å². The SMILES string of the molecule is CCCc1c(CC)ncc(NC(=O)C2CCCCCCC2)c1C1CCCCCCC1. The molecule has 2 fully saturated rings. The Morgan fingerprint density at radius 1 is 0.900 bits per heavy atom. The average molecular weight is 413 g/mol. The van der Waals surface area contributed by atoms with E-state index >= 15 is 0 Å². The van der Waals surface area contributed by atoms with Crippen LogP contribution in [-0.4, -0.2) is 10.9 Å². The maximum Gasteiger partial charge on any atom is 0.227 e. The summed E-state index contributed by atoms with van der Waals surface area (Å²) in [5.41, 5.74) is 5.18. The number of hydrogen-bond acceptors (Lipinski definition) is 2. The Kier molecular flexibility index (Phi) is 9.68. The van der Waals surface area contributed by atoms with Crippen molar-refractivity contribution in [3.05, 3.63) is 23.0 Å². The molecule has 1 N–H and O–H groups in total. The number of carbonyl (C=O) groups excluding carboxylic acids is 1. The summed E-state index contributed by atoms with van der Waals surface area (Å²) in [6.45, 7) is 4.48. The summed E-state index contributed by atoms with van der Waals surface area (Å²) < 4.78 is 0. The molecule has 2 saturated carbocycles. The van der Waals surface area contributed by atoms with Gasteiger partial charge in [-0.15, -0.1) is 0 Å². The third kappa shape index (κ3) is 6.31. The second kappa shape index (κ2) is 12.5. The largest absolute Gasteiger partial charge is 0.324 e. The number of amides is 1. The second-order valence-electron chi connectivity index (χ2n) is 9.69. The van der Waals surface area contributed by atoms with E-state index in [9.17, 15) is 4.79 Å². The number of rotatable bonds is 6. The zero-order valence-corrected chi connectivity index (χ0v) is 19.6. The maximum atomic E-state index is 13.3. The Morgan fingerprint density at radius 3 is 2.03 bits per heavy atom. The van der Waals surface area contributed by atoms with Crippen LogP contribution in [0.5, 0.6) is 0 Å². The van der Waals surface area contributed by atoms with Crippen molar-refractivity contribution in [3.63, 3.8) is 0 Å². The van der Waals surface area contributed by atoms with Gasteiger partial charge in [-0.25, -0.2) is 0 Å². The molecule has 0 unspecified atom stereocenters. The first-order chi connectivity index (χ1) is 14.7. The van der Waals surface area contributed by atoms with Crippen LogP contribution in [0.4, 0.5) is 5.69 Å². The molecule has 3 nitrogen and oxygen atoms in total. The van der Waals surface area contributed by atoms with Gasteiger partial charge in [0.15, 0.2) is 0 Å². The minimum atomic E-state index is 0.177. The molecule has 0 atom stereocenters. The van der Waals surface area contributed by atoms with Crippen molar-refractivity contribution in [1.29, 1.82) is 0 Å². The first-order valence-corrected chi connectivity index (χ1v) is 13.1. The standard InChI is InChI=1S/C27H44N2O/c1-3-15-23-24(4-2)28-20-25(26(23)21-16-11-7-5-8-12-17-21)29-27(30)22-18-13-9-6-10-14-19-22/h20-22H,3-19H2,1-2H3,(H,29,30). The van der Waals surface area contributed by atoms with E-state index in [1.807, 2.05) is 6.20 Å². The van der Waals surface area contributed by atoms with Gasteiger partial charge in [-0.1, -0.05) is 84.5 Å². The fourth-order valence-electron chi connectivity index (χ4n) is 5.71. The molecule has 0 saturated heterocycles. The van der Waals surface area contributed by atoms with Gasteiger partial charge < -0.3 is 5.32 Å². The molecule has 2 aliphatic carbocycles. The van der Waals surface area contributed by atoms with Crippen molar-refractivity contribution in [2.45, 2.75) is 129 Å². The first kappa shape index (κ1) is 23.3. The van der Waals surface area contributed by atoms with Crippen LogP contribution in [0.25, 0.3) is 0 Å². The number of nitrogens with zero attached hydrogens (tertiary/aromatic N) is 1. The van der Waals surface area contributed by atoms with Crippen molar-refractivity contribution in [1.82, 2.24) is 4.98 Å². The van der Waals surface area contributed by atoms with Gasteiger partial charge in [0.05, 0.1) is 11.9 Å². The summed E-state index contributed by atoms with van der Waals surface area (Å²) in [5, 5.41) is 3.41. The topological polar surface area (TPSA) is 42.0 Å². The highest BCUT2D eigenvalue weighted by molar-refractivity contribution is 5.93. The van der Waals surface area contributed by atoms with Crippen molar-refractivity contribution >= 4 is 11.6 Å². The zero-order chi connectivity index (χ0) is 21.2. The van der Waals surface area contributed by atoms with Crippen LogP contribution < -0.4 is 5.32 Å². The molecule has 0 bridgehead atoms. The summed E-state index contributed by atoms with van der Waals surface area (Å²) in [6.07, 6.45) is 22.8. The predicted octanol–water partition coefficient (Wildman–Crippen LogP) is 7.72. The Bertz CT molecular complexity index is 653. The van der Waals surface area contributed by atoms with Crippen molar-refractivity contribution in [3.8, 4) is 0 Å². The lowest BCUT2D eigenvalue weighted by atomic mass is 9.81. The molecule has 0 aromatic carbocycles. The summed E-state index contributed by atoms with van der Waals surface area (Å²) in [7, 11) is 0. The third-order valence-electron chi connectivity index (χ3n) is 7.40. The fraction of sp³-hybridized carbons (Fsp3) is 0.778. The van der Waals surface area contributed by atoms with Gasteiger partial charge in [0, 0.05) is 11.6 Å². The molecular formula is C27H44N2O. The molecule has 1 amide bonds. The van der Waals surface area contributed by atoms with Crippen LogP contribution in [-0.2, 0) is 17.6 Å². The van der Waals surface area contributed by atoms with Crippen molar-refractivity contribution < 1.29 is 4.79 Å². The molecule has 1 aromatic rings. The van der Waals surface area contributed by atoms with E-state index in [1.54, 1.807) is 0 Å². The van der Waals surface area contributed by atoms with Crippen LogP contribution in [0.15, 0.2) is 6.20 Å². The van der Waals surface area contributed by atoms with Gasteiger partial charge in [-0.2, -0.15) is 0 Å². The molecule has 3 heteroatoms.